The van der Waals surface area contributed by atoms with Crippen molar-refractivity contribution in [2.45, 2.75) is 31.6 Å². The van der Waals surface area contributed by atoms with E-state index in [1.807, 2.05) is 0 Å². The Morgan fingerprint density at radius 2 is 1.67 bits per heavy atom. The van der Waals surface area contributed by atoms with Crippen LogP contribution < -0.4 is 5.73 Å². The van der Waals surface area contributed by atoms with E-state index in [1.165, 1.54) is 0 Å². The molecule has 1 heterocycles. The van der Waals surface area contributed by atoms with Gasteiger partial charge in [-0.3, -0.25) is 4.79 Å². The van der Waals surface area contributed by atoms with Gasteiger partial charge in [0.1, 0.15) is 12.2 Å². The number of carbonyl (C=O) groups excluding carboxylic acids is 1. The molecule has 0 radical (unpaired) electrons. The zero-order valence-electron chi connectivity index (χ0n) is 9.82. The van der Waals surface area contributed by atoms with Gasteiger partial charge in [0.2, 0.25) is 5.91 Å². The molecule has 1 aliphatic rings. The number of nitrogens with zero attached hydrogens (tertiary/aromatic N) is 1. The number of amides is 1. The lowest BCUT2D eigenvalue weighted by atomic mass is 10.1. The minimum Gasteiger partial charge on any atom is -0.377 e. The topological polar surface area (TPSA) is 64.8 Å². The van der Waals surface area contributed by atoms with E-state index in [1.54, 1.807) is 33.0 Å². The third-order valence-corrected chi connectivity index (χ3v) is 2.66. The maximum absolute atomic E-state index is 11.9. The average Bonchev–Trinajstić information content (AvgIpc) is 2.57. The molecule has 15 heavy (non-hydrogen) atoms. The Morgan fingerprint density at radius 3 is 1.93 bits per heavy atom. The molecule has 1 aliphatic heterocycles. The number of rotatable bonds is 3. The maximum atomic E-state index is 11.9. The van der Waals surface area contributed by atoms with Crippen LogP contribution in [0, 0.1) is 0 Å². The summed E-state index contributed by atoms with van der Waals surface area (Å²) in [7, 11) is 3.25. The van der Waals surface area contributed by atoms with Crippen LogP contribution in [0.25, 0.3) is 0 Å². The number of nitrogens with two attached hydrogens (primary N) is 1. The number of hydrogen-bond acceptors (Lipinski definition) is 4. The molecule has 1 saturated heterocycles. The Kier molecular flexibility index (Phi) is 3.70. The Balaban J connectivity index is 2.65. The van der Waals surface area contributed by atoms with Crippen LogP contribution in [0.1, 0.15) is 13.8 Å². The van der Waals surface area contributed by atoms with Crippen molar-refractivity contribution in [3.05, 3.63) is 0 Å². The summed E-state index contributed by atoms with van der Waals surface area (Å²) in [5.41, 5.74) is 4.93. The average molecular weight is 216 g/mol. The predicted octanol–water partition coefficient (Wildman–Crippen LogP) is -0.404. The van der Waals surface area contributed by atoms with E-state index < -0.39 is 5.54 Å². The summed E-state index contributed by atoms with van der Waals surface area (Å²) in [6, 6.07) is 0. The van der Waals surface area contributed by atoms with E-state index in [4.69, 9.17) is 15.2 Å². The summed E-state index contributed by atoms with van der Waals surface area (Å²) in [6.45, 7) is 4.51. The Morgan fingerprint density at radius 1 is 1.27 bits per heavy atom. The first-order valence-electron chi connectivity index (χ1n) is 5.04. The van der Waals surface area contributed by atoms with Crippen molar-refractivity contribution in [2.75, 3.05) is 27.3 Å². The van der Waals surface area contributed by atoms with Crippen LogP contribution in [-0.4, -0.2) is 55.9 Å². The molecule has 1 fully saturated rings. The minimum absolute atomic E-state index is 0.0544. The van der Waals surface area contributed by atoms with Gasteiger partial charge in [0, 0.05) is 27.3 Å². The smallest absolute Gasteiger partial charge is 0.242 e. The van der Waals surface area contributed by atoms with Crippen molar-refractivity contribution in [3.63, 3.8) is 0 Å². The Hall–Kier alpha value is -0.650. The number of likely N-dealkylation sites (tertiary alicyclic amines) is 1. The van der Waals surface area contributed by atoms with Crippen LogP contribution in [0.5, 0.6) is 0 Å². The number of carbonyl (C=O) groups is 1. The monoisotopic (exact) mass is 216 g/mol. The molecule has 0 bridgehead atoms. The molecule has 5 heteroatoms. The third kappa shape index (κ3) is 2.68. The molecule has 0 aliphatic carbocycles. The van der Waals surface area contributed by atoms with Gasteiger partial charge in [-0.25, -0.2) is 0 Å². The highest BCUT2D eigenvalue weighted by atomic mass is 16.5. The third-order valence-electron chi connectivity index (χ3n) is 2.66. The van der Waals surface area contributed by atoms with Gasteiger partial charge in [0.15, 0.2) is 0 Å². The van der Waals surface area contributed by atoms with E-state index in [0.29, 0.717) is 13.1 Å². The Labute approximate surface area is 90.5 Å². The molecule has 2 atom stereocenters. The summed E-state index contributed by atoms with van der Waals surface area (Å²) in [6.07, 6.45) is -0.109. The van der Waals surface area contributed by atoms with E-state index in [-0.39, 0.29) is 18.1 Å². The zero-order valence-corrected chi connectivity index (χ0v) is 9.82. The quantitative estimate of drug-likeness (QED) is 0.697. The summed E-state index contributed by atoms with van der Waals surface area (Å²) >= 11 is 0. The lowest BCUT2D eigenvalue weighted by Crippen LogP contribution is -2.50. The normalized spacial score (nSPS) is 27.1. The molecule has 2 unspecified atom stereocenters. The molecule has 88 valence electrons. The van der Waals surface area contributed by atoms with Gasteiger partial charge < -0.3 is 20.1 Å². The van der Waals surface area contributed by atoms with Crippen LogP contribution in [0.15, 0.2) is 0 Å². The molecule has 5 nitrogen and oxygen atoms in total. The van der Waals surface area contributed by atoms with Crippen LogP contribution in [-0.2, 0) is 14.3 Å². The van der Waals surface area contributed by atoms with Gasteiger partial charge in [-0.2, -0.15) is 0 Å². The maximum Gasteiger partial charge on any atom is 0.242 e. The van der Waals surface area contributed by atoms with Crippen molar-refractivity contribution >= 4 is 5.91 Å². The molecule has 1 rings (SSSR count). The summed E-state index contributed by atoms with van der Waals surface area (Å²) in [5.74, 6) is -0.0656. The molecule has 0 saturated carbocycles. The first-order valence-corrected chi connectivity index (χ1v) is 5.04. The largest absolute Gasteiger partial charge is 0.377 e. The van der Waals surface area contributed by atoms with Crippen LogP contribution in [0.2, 0.25) is 0 Å². The van der Waals surface area contributed by atoms with E-state index >= 15 is 0 Å². The summed E-state index contributed by atoms with van der Waals surface area (Å²) in [5, 5.41) is 0. The van der Waals surface area contributed by atoms with Gasteiger partial charge in [0.25, 0.3) is 0 Å². The lowest BCUT2D eigenvalue weighted by molar-refractivity contribution is -0.135. The fourth-order valence-electron chi connectivity index (χ4n) is 1.77. The minimum atomic E-state index is -0.832. The van der Waals surface area contributed by atoms with Gasteiger partial charge in [-0.1, -0.05) is 0 Å². The first kappa shape index (κ1) is 12.4. The number of methoxy groups -OCH3 is 2. The Bertz CT molecular complexity index is 225. The van der Waals surface area contributed by atoms with Gasteiger partial charge in [-0.15, -0.1) is 0 Å². The van der Waals surface area contributed by atoms with Gasteiger partial charge >= 0.3 is 0 Å². The van der Waals surface area contributed by atoms with Gasteiger partial charge in [-0.05, 0) is 13.8 Å². The van der Waals surface area contributed by atoms with Crippen LogP contribution in [0.4, 0.5) is 0 Å². The molecule has 1 amide bonds. The van der Waals surface area contributed by atoms with Crippen LogP contribution >= 0.6 is 0 Å². The SMILES string of the molecule is COC1CN(C(=O)C(C)(C)N)CC1OC. The standard InChI is InChI=1S/C10H20N2O3/c1-10(2,11)9(13)12-5-7(14-3)8(6-12)15-4/h7-8H,5-6,11H2,1-4H3. The second kappa shape index (κ2) is 4.47. The molecular formula is C10H20N2O3. The second-order valence-corrected chi connectivity index (χ2v) is 4.48. The van der Waals surface area contributed by atoms with E-state index in [2.05, 4.69) is 0 Å². The van der Waals surface area contributed by atoms with Crippen molar-refractivity contribution in [2.24, 2.45) is 5.73 Å². The van der Waals surface area contributed by atoms with Crippen molar-refractivity contribution < 1.29 is 14.3 Å². The highest BCUT2D eigenvalue weighted by Gasteiger charge is 2.39. The van der Waals surface area contributed by atoms with E-state index in [9.17, 15) is 4.79 Å². The molecular weight excluding hydrogens is 196 g/mol. The first-order chi connectivity index (χ1) is 6.90. The highest BCUT2D eigenvalue weighted by Crippen LogP contribution is 2.18. The zero-order chi connectivity index (χ0) is 11.6. The van der Waals surface area contributed by atoms with Crippen molar-refractivity contribution in [1.29, 1.82) is 0 Å². The summed E-state index contributed by atoms with van der Waals surface area (Å²) < 4.78 is 10.5. The second-order valence-electron chi connectivity index (χ2n) is 4.48. The van der Waals surface area contributed by atoms with Crippen molar-refractivity contribution in [3.8, 4) is 0 Å². The van der Waals surface area contributed by atoms with Crippen LogP contribution in [0.3, 0.4) is 0 Å². The van der Waals surface area contributed by atoms with Crippen molar-refractivity contribution in [1.82, 2.24) is 4.90 Å². The number of hydrogen-bond donors (Lipinski definition) is 1. The summed E-state index contributed by atoms with van der Waals surface area (Å²) in [4.78, 5) is 13.6. The van der Waals surface area contributed by atoms with Gasteiger partial charge in [0.05, 0.1) is 5.54 Å². The predicted molar refractivity (Wildman–Crippen MR) is 56.4 cm³/mol. The molecule has 2 N–H and O–H groups in total. The highest BCUT2D eigenvalue weighted by molar-refractivity contribution is 5.85. The van der Waals surface area contributed by atoms with E-state index in [0.717, 1.165) is 0 Å². The fraction of sp³-hybridized carbons (Fsp3) is 0.900. The fourth-order valence-corrected chi connectivity index (χ4v) is 1.77. The molecule has 0 aromatic heterocycles. The number of ether oxygens (including phenoxy) is 2. The molecule has 0 spiro atoms. The molecule has 0 aromatic rings. The lowest BCUT2D eigenvalue weighted by Gasteiger charge is -2.25. The molecule has 0 aromatic carbocycles.